The minimum Gasteiger partial charge on any atom is -0.445 e. The van der Waals surface area contributed by atoms with Gasteiger partial charge < -0.3 is 26.3 Å². The fourth-order valence-corrected chi connectivity index (χ4v) is 4.18. The molecule has 0 spiro atoms. The number of carbonyl (C=O) groups excluding carboxylic acids is 3. The van der Waals surface area contributed by atoms with Crippen molar-refractivity contribution in [1.82, 2.24) is 24.8 Å². The monoisotopic (exact) mass is 539 g/mol. The SMILES string of the molecule is C.CC(C)(N)C(=O)N[C@H](COCc1ccccc1)c1nnc2cc(COC(=O)N3CCC[C@@H]3C(N)=O)ccn12. The number of aromatic nitrogens is 3. The average molecular weight is 540 g/mol. The number of hydrogen-bond acceptors (Lipinski definition) is 8. The first kappa shape index (κ1) is 29.5. The number of nitrogens with two attached hydrogens (primary N) is 2. The highest BCUT2D eigenvalue weighted by Gasteiger charge is 2.33. The first-order valence-corrected chi connectivity index (χ1v) is 12.4. The van der Waals surface area contributed by atoms with Crippen molar-refractivity contribution in [1.29, 1.82) is 0 Å². The molecule has 1 fully saturated rings. The first-order chi connectivity index (χ1) is 18.1. The lowest BCUT2D eigenvalue weighted by Crippen LogP contribution is -2.50. The van der Waals surface area contributed by atoms with Crippen LogP contribution in [0.25, 0.3) is 5.65 Å². The molecule has 2 atom stereocenters. The van der Waals surface area contributed by atoms with Crippen LogP contribution in [0.5, 0.6) is 0 Å². The average Bonchev–Trinajstić information content (AvgIpc) is 3.54. The van der Waals surface area contributed by atoms with Crippen molar-refractivity contribution in [2.45, 2.75) is 65.0 Å². The van der Waals surface area contributed by atoms with Crippen LogP contribution in [0.3, 0.4) is 0 Å². The Morgan fingerprint density at radius 2 is 1.87 bits per heavy atom. The summed E-state index contributed by atoms with van der Waals surface area (Å²) in [5.41, 5.74) is 12.5. The highest BCUT2D eigenvalue weighted by molar-refractivity contribution is 5.85. The Bertz CT molecular complexity index is 1290. The van der Waals surface area contributed by atoms with Crippen molar-refractivity contribution in [2.24, 2.45) is 11.5 Å². The molecule has 1 saturated heterocycles. The van der Waals surface area contributed by atoms with Crippen LogP contribution in [0.15, 0.2) is 48.7 Å². The van der Waals surface area contributed by atoms with Crippen LogP contribution in [0.1, 0.15) is 57.1 Å². The molecular weight excluding hydrogens is 502 g/mol. The maximum absolute atomic E-state index is 12.7. The van der Waals surface area contributed by atoms with E-state index in [0.29, 0.717) is 43.0 Å². The number of nitrogens with one attached hydrogen (secondary N) is 1. The van der Waals surface area contributed by atoms with Gasteiger partial charge in [-0.25, -0.2) is 4.79 Å². The van der Waals surface area contributed by atoms with Gasteiger partial charge in [0.2, 0.25) is 11.8 Å². The van der Waals surface area contributed by atoms with Gasteiger partial charge in [-0.1, -0.05) is 37.8 Å². The Kier molecular flexibility index (Phi) is 9.60. The Balaban J connectivity index is 0.00000420. The molecular formula is C27H37N7O5. The maximum Gasteiger partial charge on any atom is 0.410 e. The van der Waals surface area contributed by atoms with E-state index in [1.165, 1.54) is 4.90 Å². The topological polar surface area (TPSA) is 167 Å². The van der Waals surface area contributed by atoms with E-state index in [-0.39, 0.29) is 26.5 Å². The van der Waals surface area contributed by atoms with Gasteiger partial charge >= 0.3 is 6.09 Å². The summed E-state index contributed by atoms with van der Waals surface area (Å²) in [4.78, 5) is 38.1. The fourth-order valence-electron chi connectivity index (χ4n) is 4.18. The van der Waals surface area contributed by atoms with Crippen molar-refractivity contribution >= 4 is 23.6 Å². The minimum atomic E-state index is -1.10. The molecule has 0 bridgehead atoms. The lowest BCUT2D eigenvalue weighted by atomic mass is 10.1. The molecule has 0 radical (unpaired) electrons. The van der Waals surface area contributed by atoms with Gasteiger partial charge in [-0.2, -0.15) is 0 Å². The van der Waals surface area contributed by atoms with Crippen molar-refractivity contribution in [2.75, 3.05) is 13.2 Å². The summed E-state index contributed by atoms with van der Waals surface area (Å²) in [7, 11) is 0. The third-order valence-electron chi connectivity index (χ3n) is 6.28. The van der Waals surface area contributed by atoms with Crippen LogP contribution in [-0.4, -0.2) is 62.1 Å². The van der Waals surface area contributed by atoms with E-state index in [9.17, 15) is 14.4 Å². The number of hydrogen-bond donors (Lipinski definition) is 3. The molecule has 1 aliphatic heterocycles. The van der Waals surface area contributed by atoms with Gasteiger partial charge in [0.15, 0.2) is 11.5 Å². The predicted octanol–water partition coefficient (Wildman–Crippen LogP) is 2.06. The quantitative estimate of drug-likeness (QED) is 0.352. The number of ether oxygens (including phenoxy) is 2. The first-order valence-electron chi connectivity index (χ1n) is 12.4. The largest absolute Gasteiger partial charge is 0.445 e. The van der Waals surface area contributed by atoms with Gasteiger partial charge in [0.25, 0.3) is 0 Å². The second kappa shape index (κ2) is 12.7. The summed E-state index contributed by atoms with van der Waals surface area (Å²) < 4.78 is 13.0. The number of benzene rings is 1. The zero-order valence-corrected chi connectivity index (χ0v) is 21.5. The Labute approximate surface area is 227 Å². The molecule has 0 aliphatic carbocycles. The molecule has 1 aliphatic rings. The Hall–Kier alpha value is -4.03. The molecule has 39 heavy (non-hydrogen) atoms. The van der Waals surface area contributed by atoms with Crippen LogP contribution in [0.2, 0.25) is 0 Å². The van der Waals surface area contributed by atoms with Crippen LogP contribution >= 0.6 is 0 Å². The standard InChI is InChI=1S/C26H33N7O5.CH4/c1-26(2,28)24(35)29-19(16-37-14-17-7-4-3-5-8-17)23-31-30-21-13-18(10-12-33(21)23)15-38-25(36)32-11-6-9-20(32)22(27)34;/h3-5,7-8,10,12-13,19-20H,6,9,11,14-16,28H2,1-2H3,(H2,27,34)(H,29,35);1H4/t19-,20-;/m1./s1. The molecule has 12 heteroatoms. The van der Waals surface area contributed by atoms with Crippen LogP contribution < -0.4 is 16.8 Å². The smallest absolute Gasteiger partial charge is 0.410 e. The summed E-state index contributed by atoms with van der Waals surface area (Å²) in [6, 6.07) is 11.9. The normalized spacial score (nSPS) is 16.0. The van der Waals surface area contributed by atoms with E-state index in [0.717, 1.165) is 5.56 Å². The Morgan fingerprint density at radius 3 is 2.56 bits per heavy atom. The molecule has 0 unspecified atom stereocenters. The predicted molar refractivity (Wildman–Crippen MR) is 144 cm³/mol. The molecule has 12 nitrogen and oxygen atoms in total. The molecule has 210 valence electrons. The van der Waals surface area contributed by atoms with E-state index in [1.807, 2.05) is 30.3 Å². The molecule has 3 heterocycles. The number of likely N-dealkylation sites (tertiary alicyclic amines) is 1. The van der Waals surface area contributed by atoms with Gasteiger partial charge in [0, 0.05) is 12.7 Å². The van der Waals surface area contributed by atoms with E-state index in [4.69, 9.17) is 20.9 Å². The summed E-state index contributed by atoms with van der Waals surface area (Å²) in [5.74, 6) is -0.429. The number of primary amides is 1. The summed E-state index contributed by atoms with van der Waals surface area (Å²) in [6.45, 7) is 4.16. The summed E-state index contributed by atoms with van der Waals surface area (Å²) in [6.07, 6.45) is 2.38. The second-order valence-electron chi connectivity index (χ2n) is 9.88. The number of fused-ring (bicyclic) bond motifs is 1. The number of amides is 3. The summed E-state index contributed by atoms with van der Waals surface area (Å²) in [5, 5.41) is 11.4. The van der Waals surface area contributed by atoms with E-state index in [2.05, 4.69) is 15.5 Å². The van der Waals surface area contributed by atoms with Crippen molar-refractivity contribution in [3.63, 3.8) is 0 Å². The van der Waals surface area contributed by atoms with Crippen molar-refractivity contribution in [3.05, 3.63) is 65.6 Å². The fraction of sp³-hybridized carbons (Fsp3) is 0.444. The molecule has 1 aromatic carbocycles. The van der Waals surface area contributed by atoms with E-state index in [1.54, 1.807) is 36.6 Å². The molecule has 4 rings (SSSR count). The number of nitrogens with zero attached hydrogens (tertiary/aromatic N) is 4. The number of rotatable bonds is 10. The van der Waals surface area contributed by atoms with E-state index >= 15 is 0 Å². The number of carbonyl (C=O) groups is 3. The minimum absolute atomic E-state index is 0. The molecule has 0 saturated carbocycles. The van der Waals surface area contributed by atoms with Gasteiger partial charge in [-0.3, -0.25) is 18.9 Å². The van der Waals surface area contributed by atoms with Crippen molar-refractivity contribution < 1.29 is 23.9 Å². The molecule has 3 aromatic rings. The van der Waals surface area contributed by atoms with Crippen molar-refractivity contribution in [3.8, 4) is 0 Å². The van der Waals surface area contributed by atoms with Crippen LogP contribution in [0.4, 0.5) is 4.79 Å². The summed E-state index contributed by atoms with van der Waals surface area (Å²) >= 11 is 0. The second-order valence-corrected chi connectivity index (χ2v) is 9.88. The van der Waals surface area contributed by atoms with Crippen LogP contribution in [-0.2, 0) is 32.3 Å². The zero-order chi connectivity index (χ0) is 27.3. The van der Waals surface area contributed by atoms with Gasteiger partial charge in [0.05, 0.1) is 18.8 Å². The van der Waals surface area contributed by atoms with E-state index < -0.39 is 29.6 Å². The van der Waals surface area contributed by atoms with Gasteiger partial charge in [-0.05, 0) is 49.9 Å². The highest BCUT2D eigenvalue weighted by atomic mass is 16.6. The van der Waals surface area contributed by atoms with Gasteiger partial charge in [-0.15, -0.1) is 10.2 Å². The highest BCUT2D eigenvalue weighted by Crippen LogP contribution is 2.20. The lowest BCUT2D eigenvalue weighted by molar-refractivity contribution is -0.126. The third-order valence-corrected chi connectivity index (χ3v) is 6.28. The zero-order valence-electron chi connectivity index (χ0n) is 21.5. The number of pyridine rings is 1. The lowest BCUT2D eigenvalue weighted by Gasteiger charge is -2.23. The maximum atomic E-state index is 12.7. The molecule has 2 aromatic heterocycles. The molecule has 5 N–H and O–H groups in total. The van der Waals surface area contributed by atoms with Gasteiger partial charge in [0.1, 0.15) is 18.7 Å². The third kappa shape index (κ3) is 7.30. The molecule has 3 amide bonds. The Morgan fingerprint density at radius 1 is 1.13 bits per heavy atom. The van der Waals surface area contributed by atoms with Crippen LogP contribution in [0, 0.1) is 0 Å².